The third-order valence-electron chi connectivity index (χ3n) is 9.73. The Morgan fingerprint density at radius 3 is 2.34 bits per heavy atom. The summed E-state index contributed by atoms with van der Waals surface area (Å²) in [5.74, 6) is 8.32. The minimum absolute atomic E-state index is 0.109. The smallest absolute Gasteiger partial charge is 0.410 e. The Morgan fingerprint density at radius 2 is 1.60 bits per heavy atom. The molecule has 10 heteroatoms. The van der Waals surface area contributed by atoms with E-state index in [4.69, 9.17) is 19.4 Å². The zero-order valence-electron chi connectivity index (χ0n) is 30.1. The Kier molecular flexibility index (Phi) is 8.65. The summed E-state index contributed by atoms with van der Waals surface area (Å²) in [4.78, 5) is 44.7. The maximum atomic E-state index is 12.9. The van der Waals surface area contributed by atoms with Gasteiger partial charge in [-0.25, -0.2) is 19.6 Å². The molecule has 2 aliphatic carbocycles. The Balaban J connectivity index is 1.09. The summed E-state index contributed by atoms with van der Waals surface area (Å²) in [5.41, 5.74) is 6.29. The van der Waals surface area contributed by atoms with E-state index in [-0.39, 0.29) is 12.1 Å². The van der Waals surface area contributed by atoms with Crippen LogP contribution in [0.5, 0.6) is 0 Å². The van der Waals surface area contributed by atoms with Crippen molar-refractivity contribution in [2.24, 2.45) is 0 Å². The van der Waals surface area contributed by atoms with Gasteiger partial charge in [0.25, 0.3) is 0 Å². The molecule has 3 heterocycles. The number of carbonyl (C=O) groups excluding carboxylic acids is 2. The van der Waals surface area contributed by atoms with Crippen LogP contribution in [0, 0.1) is 11.8 Å². The first-order valence-electron chi connectivity index (χ1n) is 18.0. The number of aromatic amines is 2. The minimum Gasteiger partial charge on any atom is -0.444 e. The van der Waals surface area contributed by atoms with Crippen LogP contribution in [0.4, 0.5) is 9.59 Å². The standard InChI is InChI=1S/C40H48N6O4/c1-38(2,3)49-36(47)45-40(20-8-7-9-21-40)35-42-29-18-15-26(24-31(29)43-35)13-12-25-14-17-28-27(23-25)16-19-30-33(28)44-34(41-30)32-11-10-22-46(32)37(48)50-39(4,5)6/h14-15,17-18,23-24,32H,7-11,16,19-22H2,1-6H3,(H,41,44)(H,42,43)(H,45,47)/t32-/m0/s1. The molecular weight excluding hydrogens is 628 g/mol. The zero-order chi connectivity index (χ0) is 35.3. The number of benzene rings is 2. The maximum absolute atomic E-state index is 12.9. The minimum atomic E-state index is -0.585. The first kappa shape index (κ1) is 33.7. The second-order valence-electron chi connectivity index (χ2n) is 16.0. The van der Waals surface area contributed by atoms with Crippen LogP contribution in [0.25, 0.3) is 22.3 Å². The Labute approximate surface area is 294 Å². The Hall–Kier alpha value is -4.78. The van der Waals surface area contributed by atoms with Crippen molar-refractivity contribution < 1.29 is 19.1 Å². The molecular formula is C40H48N6O4. The molecule has 2 aromatic carbocycles. The number of amides is 2. The van der Waals surface area contributed by atoms with E-state index in [9.17, 15) is 9.59 Å². The molecule has 2 fully saturated rings. The summed E-state index contributed by atoms with van der Waals surface area (Å²) in [6, 6.07) is 12.2. The average molecular weight is 677 g/mol. The fraction of sp³-hybridized carbons (Fsp3) is 0.500. The van der Waals surface area contributed by atoms with E-state index in [2.05, 4.69) is 45.3 Å². The number of aromatic nitrogens is 4. The van der Waals surface area contributed by atoms with Gasteiger partial charge in [0.1, 0.15) is 28.4 Å². The first-order valence-corrected chi connectivity index (χ1v) is 18.0. The number of likely N-dealkylation sites (tertiary alicyclic amines) is 1. The number of aryl methyl sites for hydroxylation is 2. The lowest BCUT2D eigenvalue weighted by Gasteiger charge is -2.36. The number of alkyl carbamates (subject to hydrolysis) is 1. The Bertz CT molecular complexity index is 1990. The second kappa shape index (κ2) is 12.8. The van der Waals surface area contributed by atoms with Crippen LogP contribution in [0.15, 0.2) is 36.4 Å². The van der Waals surface area contributed by atoms with Crippen molar-refractivity contribution in [2.45, 2.75) is 122 Å². The van der Waals surface area contributed by atoms with Crippen LogP contribution in [0.2, 0.25) is 0 Å². The van der Waals surface area contributed by atoms with Crippen LogP contribution >= 0.6 is 0 Å². The summed E-state index contributed by atoms with van der Waals surface area (Å²) >= 11 is 0. The molecule has 1 atom stereocenters. The van der Waals surface area contributed by atoms with Crippen LogP contribution in [0.1, 0.15) is 127 Å². The fourth-order valence-electron chi connectivity index (χ4n) is 7.48. The largest absolute Gasteiger partial charge is 0.444 e. The highest BCUT2D eigenvalue weighted by atomic mass is 16.6. The summed E-state index contributed by atoms with van der Waals surface area (Å²) in [6.45, 7) is 12.0. The molecule has 0 radical (unpaired) electrons. The fourth-order valence-corrected chi connectivity index (χ4v) is 7.48. The van der Waals surface area contributed by atoms with Crippen LogP contribution < -0.4 is 5.32 Å². The van der Waals surface area contributed by atoms with Crippen LogP contribution in [-0.2, 0) is 27.9 Å². The van der Waals surface area contributed by atoms with Crippen molar-refractivity contribution in [2.75, 3.05) is 6.54 Å². The third-order valence-corrected chi connectivity index (χ3v) is 9.73. The van der Waals surface area contributed by atoms with Crippen molar-refractivity contribution in [3.63, 3.8) is 0 Å². The molecule has 0 spiro atoms. The van der Waals surface area contributed by atoms with Gasteiger partial charge in [-0.1, -0.05) is 37.2 Å². The van der Waals surface area contributed by atoms with E-state index in [0.29, 0.717) is 6.54 Å². The number of nitrogens with one attached hydrogen (secondary N) is 3. The number of ether oxygens (including phenoxy) is 2. The Morgan fingerprint density at radius 1 is 0.880 bits per heavy atom. The number of carbonyl (C=O) groups is 2. The number of nitrogens with zero attached hydrogens (tertiary/aromatic N) is 3. The lowest BCUT2D eigenvalue weighted by atomic mass is 9.81. The van der Waals surface area contributed by atoms with Gasteiger partial charge in [0.05, 0.1) is 22.8 Å². The maximum Gasteiger partial charge on any atom is 0.410 e. The van der Waals surface area contributed by atoms with E-state index in [1.165, 1.54) is 5.56 Å². The van der Waals surface area contributed by atoms with Gasteiger partial charge in [0.15, 0.2) is 0 Å². The predicted molar refractivity (Wildman–Crippen MR) is 193 cm³/mol. The molecule has 1 saturated heterocycles. The molecule has 2 aromatic heterocycles. The number of hydrogen-bond donors (Lipinski definition) is 3. The summed E-state index contributed by atoms with van der Waals surface area (Å²) in [5, 5.41) is 3.18. The molecule has 50 heavy (non-hydrogen) atoms. The second-order valence-corrected chi connectivity index (χ2v) is 16.0. The summed E-state index contributed by atoms with van der Waals surface area (Å²) in [7, 11) is 0. The topological polar surface area (TPSA) is 125 Å². The molecule has 4 aromatic rings. The van der Waals surface area contributed by atoms with Gasteiger partial charge in [-0.15, -0.1) is 0 Å². The number of imidazole rings is 2. The van der Waals surface area contributed by atoms with Crippen molar-refractivity contribution in [3.05, 3.63) is 70.4 Å². The van der Waals surface area contributed by atoms with Gasteiger partial charge in [0.2, 0.25) is 0 Å². The van der Waals surface area contributed by atoms with Crippen molar-refractivity contribution in [1.82, 2.24) is 30.2 Å². The quantitative estimate of drug-likeness (QED) is 0.188. The van der Waals surface area contributed by atoms with Gasteiger partial charge in [-0.05, 0) is 116 Å². The molecule has 0 unspecified atom stereocenters. The lowest BCUT2D eigenvalue weighted by molar-refractivity contribution is 0.0218. The summed E-state index contributed by atoms with van der Waals surface area (Å²) < 4.78 is 11.3. The highest BCUT2D eigenvalue weighted by Crippen LogP contribution is 2.39. The van der Waals surface area contributed by atoms with Crippen molar-refractivity contribution in [3.8, 4) is 23.1 Å². The number of hydrogen-bond acceptors (Lipinski definition) is 6. The lowest BCUT2D eigenvalue weighted by Crippen LogP contribution is -2.49. The number of H-pyrrole nitrogens is 2. The SMILES string of the molecule is CC(C)(C)OC(=O)NC1(c2nc3ccc(C#Cc4ccc5c(c4)CCc4[nH]c([C@@H]6CCCN6C(=O)OC(C)(C)C)nc4-5)cc3[nH]2)CCCCC1. The number of rotatable bonds is 3. The van der Waals surface area contributed by atoms with E-state index < -0.39 is 22.8 Å². The molecule has 7 rings (SSSR count). The molecule has 3 aliphatic rings. The molecule has 3 N–H and O–H groups in total. The molecule has 2 amide bonds. The van der Waals surface area contributed by atoms with E-state index in [0.717, 1.165) is 109 Å². The molecule has 1 aliphatic heterocycles. The van der Waals surface area contributed by atoms with Crippen LogP contribution in [-0.4, -0.2) is 54.8 Å². The molecule has 1 saturated carbocycles. The van der Waals surface area contributed by atoms with Crippen molar-refractivity contribution in [1.29, 1.82) is 0 Å². The van der Waals surface area contributed by atoms with Gasteiger partial charge < -0.3 is 24.8 Å². The highest BCUT2D eigenvalue weighted by molar-refractivity contribution is 5.78. The first-order chi connectivity index (χ1) is 23.8. The monoisotopic (exact) mass is 676 g/mol. The van der Waals surface area contributed by atoms with E-state index >= 15 is 0 Å². The summed E-state index contributed by atoms with van der Waals surface area (Å²) in [6.07, 6.45) is 7.62. The molecule has 262 valence electrons. The van der Waals surface area contributed by atoms with Gasteiger partial charge in [0, 0.05) is 28.9 Å². The highest BCUT2D eigenvalue weighted by Gasteiger charge is 2.40. The third kappa shape index (κ3) is 7.09. The van der Waals surface area contributed by atoms with E-state index in [1.54, 1.807) is 0 Å². The van der Waals surface area contributed by atoms with Gasteiger partial charge in [-0.3, -0.25) is 4.90 Å². The van der Waals surface area contributed by atoms with E-state index in [1.807, 2.05) is 64.6 Å². The average Bonchev–Trinajstić information content (AvgIpc) is 3.80. The van der Waals surface area contributed by atoms with Crippen LogP contribution in [0.3, 0.4) is 0 Å². The normalized spacial score (nSPS) is 18.5. The van der Waals surface area contributed by atoms with Gasteiger partial charge >= 0.3 is 12.2 Å². The zero-order valence-corrected chi connectivity index (χ0v) is 30.1. The molecule has 0 bridgehead atoms. The van der Waals surface area contributed by atoms with Gasteiger partial charge in [-0.2, -0.15) is 0 Å². The van der Waals surface area contributed by atoms with Crippen molar-refractivity contribution >= 4 is 23.2 Å². The molecule has 10 nitrogen and oxygen atoms in total. The predicted octanol–water partition coefficient (Wildman–Crippen LogP) is 8.21. The number of fused-ring (bicyclic) bond motifs is 4.